The van der Waals surface area contributed by atoms with E-state index in [0.717, 1.165) is 6.42 Å². The molecule has 0 saturated carbocycles. The van der Waals surface area contributed by atoms with E-state index in [2.05, 4.69) is 5.32 Å². The third-order valence-electron chi connectivity index (χ3n) is 5.17. The van der Waals surface area contributed by atoms with Gasteiger partial charge in [-0.15, -0.1) is 0 Å². The first kappa shape index (κ1) is 26.8. The van der Waals surface area contributed by atoms with E-state index >= 15 is 0 Å². The summed E-state index contributed by atoms with van der Waals surface area (Å²) in [6.45, 7) is 8.96. The van der Waals surface area contributed by atoms with Crippen molar-refractivity contribution < 1.29 is 27.4 Å². The number of carbonyl (C=O) groups is 1. The molecule has 0 aromatic heterocycles. The van der Waals surface area contributed by atoms with Crippen molar-refractivity contribution in [1.29, 1.82) is 0 Å². The zero-order valence-electron chi connectivity index (χ0n) is 20.3. The van der Waals surface area contributed by atoms with Crippen LogP contribution in [-0.2, 0) is 14.8 Å². The van der Waals surface area contributed by atoms with Gasteiger partial charge < -0.3 is 19.5 Å². The predicted octanol–water partition coefficient (Wildman–Crippen LogP) is 4.97. The standard InChI is InChI=1S/C25H31ClN2O6S/c1-5-28(6-2)35(30,31)19-9-10-22(34-17(3)4)21(16-19)27-24(29)11-8-18-14-20(26)25-23(15-18)32-12-7-13-33-25/h8-11,14-17H,5-7,12-13H2,1-4H3,(H,27,29)/b11-8+. The number of ether oxygens (including phenoxy) is 3. The highest BCUT2D eigenvalue weighted by molar-refractivity contribution is 7.89. The molecular formula is C25H31ClN2O6S. The number of fused-ring (bicyclic) bond motifs is 1. The molecule has 35 heavy (non-hydrogen) atoms. The lowest BCUT2D eigenvalue weighted by Gasteiger charge is -2.20. The quantitative estimate of drug-likeness (QED) is 0.467. The van der Waals surface area contributed by atoms with Crippen molar-refractivity contribution >= 4 is 39.3 Å². The Balaban J connectivity index is 1.86. The van der Waals surface area contributed by atoms with Gasteiger partial charge in [-0.3, -0.25) is 4.79 Å². The lowest BCUT2D eigenvalue weighted by atomic mass is 10.2. The Bertz CT molecular complexity index is 1190. The number of rotatable bonds is 9. The van der Waals surface area contributed by atoms with E-state index in [0.29, 0.717) is 54.1 Å². The van der Waals surface area contributed by atoms with Crippen LogP contribution in [0.1, 0.15) is 39.7 Å². The maximum atomic E-state index is 13.0. The van der Waals surface area contributed by atoms with Crippen molar-refractivity contribution in [1.82, 2.24) is 4.31 Å². The molecule has 8 nitrogen and oxygen atoms in total. The summed E-state index contributed by atoms with van der Waals surface area (Å²) in [4.78, 5) is 12.8. The second-order valence-corrected chi connectivity index (χ2v) is 10.5. The second kappa shape index (κ2) is 11.8. The molecule has 1 heterocycles. The van der Waals surface area contributed by atoms with E-state index in [9.17, 15) is 13.2 Å². The average molecular weight is 523 g/mol. The normalized spacial score (nSPS) is 13.8. The molecular weight excluding hydrogens is 492 g/mol. The van der Waals surface area contributed by atoms with Gasteiger partial charge in [0.1, 0.15) is 5.75 Å². The minimum Gasteiger partial charge on any atom is -0.489 e. The maximum Gasteiger partial charge on any atom is 0.248 e. The predicted molar refractivity (Wildman–Crippen MR) is 137 cm³/mol. The maximum absolute atomic E-state index is 13.0. The lowest BCUT2D eigenvalue weighted by molar-refractivity contribution is -0.111. The summed E-state index contributed by atoms with van der Waals surface area (Å²) in [5.41, 5.74) is 0.921. The third kappa shape index (κ3) is 6.68. The van der Waals surface area contributed by atoms with Crippen molar-refractivity contribution in [2.45, 2.75) is 45.1 Å². The Hall–Kier alpha value is -2.75. The third-order valence-corrected chi connectivity index (χ3v) is 7.49. The van der Waals surface area contributed by atoms with Crippen LogP contribution in [0.2, 0.25) is 5.02 Å². The molecule has 0 radical (unpaired) electrons. The van der Waals surface area contributed by atoms with Gasteiger partial charge in [-0.1, -0.05) is 25.4 Å². The van der Waals surface area contributed by atoms with Crippen LogP contribution in [0, 0.1) is 0 Å². The van der Waals surface area contributed by atoms with Crippen LogP contribution in [0.4, 0.5) is 5.69 Å². The van der Waals surface area contributed by atoms with Gasteiger partial charge in [0.2, 0.25) is 15.9 Å². The summed E-state index contributed by atoms with van der Waals surface area (Å²) in [6, 6.07) is 7.89. The molecule has 1 aliphatic rings. The summed E-state index contributed by atoms with van der Waals surface area (Å²) < 4.78 is 44.4. The fraction of sp³-hybridized carbons (Fsp3) is 0.400. The molecule has 1 aliphatic heterocycles. The van der Waals surface area contributed by atoms with Crippen LogP contribution >= 0.6 is 11.6 Å². The van der Waals surface area contributed by atoms with E-state index in [1.54, 1.807) is 38.1 Å². The summed E-state index contributed by atoms with van der Waals surface area (Å²) in [6.07, 6.45) is 3.51. The van der Waals surface area contributed by atoms with Crippen molar-refractivity contribution in [2.24, 2.45) is 0 Å². The molecule has 0 unspecified atom stereocenters. The number of hydrogen-bond donors (Lipinski definition) is 1. The Kier molecular flexibility index (Phi) is 9.04. The van der Waals surface area contributed by atoms with Gasteiger partial charge in [0.05, 0.1) is 34.9 Å². The van der Waals surface area contributed by atoms with Crippen molar-refractivity contribution in [3.05, 3.63) is 47.0 Å². The summed E-state index contributed by atoms with van der Waals surface area (Å²) >= 11 is 6.33. The molecule has 0 fully saturated rings. The van der Waals surface area contributed by atoms with E-state index in [4.69, 9.17) is 25.8 Å². The SMILES string of the molecule is CCN(CC)S(=O)(=O)c1ccc(OC(C)C)c(NC(=O)/C=C/c2cc(Cl)c3c(c2)OCCCO3)c1. The average Bonchev–Trinajstić information content (AvgIpc) is 3.05. The molecule has 1 N–H and O–H groups in total. The highest BCUT2D eigenvalue weighted by Crippen LogP contribution is 2.38. The van der Waals surface area contributed by atoms with E-state index < -0.39 is 15.9 Å². The van der Waals surface area contributed by atoms with Gasteiger partial charge in [0.25, 0.3) is 0 Å². The van der Waals surface area contributed by atoms with Crippen LogP contribution in [0.25, 0.3) is 6.08 Å². The Labute approximate surface area is 211 Å². The highest BCUT2D eigenvalue weighted by Gasteiger charge is 2.23. The summed E-state index contributed by atoms with van der Waals surface area (Å²) in [7, 11) is -3.71. The van der Waals surface area contributed by atoms with E-state index in [1.807, 2.05) is 13.8 Å². The highest BCUT2D eigenvalue weighted by atomic mass is 35.5. The fourth-order valence-electron chi connectivity index (χ4n) is 3.53. The van der Waals surface area contributed by atoms with Gasteiger partial charge in [0, 0.05) is 25.6 Å². The minimum atomic E-state index is -3.71. The van der Waals surface area contributed by atoms with E-state index in [-0.39, 0.29) is 16.7 Å². The first-order valence-corrected chi connectivity index (χ1v) is 13.4. The number of carbonyl (C=O) groups excluding carboxylic acids is 1. The number of nitrogens with one attached hydrogen (secondary N) is 1. The summed E-state index contributed by atoms with van der Waals surface area (Å²) in [5.74, 6) is 0.933. The molecule has 2 aromatic carbocycles. The molecule has 10 heteroatoms. The monoisotopic (exact) mass is 522 g/mol. The van der Waals surface area contributed by atoms with Crippen LogP contribution < -0.4 is 19.5 Å². The first-order valence-electron chi connectivity index (χ1n) is 11.5. The van der Waals surface area contributed by atoms with Crippen LogP contribution in [0.15, 0.2) is 41.3 Å². The minimum absolute atomic E-state index is 0.0752. The number of hydrogen-bond acceptors (Lipinski definition) is 6. The number of anilines is 1. The number of sulfonamides is 1. The zero-order chi connectivity index (χ0) is 25.6. The van der Waals surface area contributed by atoms with Crippen molar-refractivity contribution in [2.75, 3.05) is 31.6 Å². The smallest absolute Gasteiger partial charge is 0.248 e. The van der Waals surface area contributed by atoms with Crippen LogP contribution in [0.3, 0.4) is 0 Å². The van der Waals surface area contributed by atoms with Gasteiger partial charge >= 0.3 is 0 Å². The first-order chi connectivity index (χ1) is 16.6. The number of benzene rings is 2. The number of nitrogens with zero attached hydrogens (tertiary/aromatic N) is 1. The molecule has 0 bridgehead atoms. The lowest BCUT2D eigenvalue weighted by Crippen LogP contribution is -2.30. The molecule has 190 valence electrons. The van der Waals surface area contributed by atoms with Crippen LogP contribution in [0.5, 0.6) is 17.2 Å². The molecule has 0 saturated heterocycles. The molecule has 2 aromatic rings. The van der Waals surface area contributed by atoms with Gasteiger partial charge in [-0.2, -0.15) is 4.31 Å². The second-order valence-electron chi connectivity index (χ2n) is 8.12. The zero-order valence-corrected chi connectivity index (χ0v) is 21.9. The molecule has 3 rings (SSSR count). The van der Waals surface area contributed by atoms with Crippen molar-refractivity contribution in [3.8, 4) is 17.2 Å². The molecule has 0 spiro atoms. The molecule has 1 amide bonds. The fourth-order valence-corrected chi connectivity index (χ4v) is 5.29. The Morgan fingerprint density at radius 1 is 1.17 bits per heavy atom. The largest absolute Gasteiger partial charge is 0.489 e. The van der Waals surface area contributed by atoms with Crippen LogP contribution in [-0.4, -0.2) is 51.0 Å². The number of halogens is 1. The van der Waals surface area contributed by atoms with Gasteiger partial charge in [-0.05, 0) is 55.8 Å². The van der Waals surface area contributed by atoms with Crippen molar-refractivity contribution in [3.63, 3.8) is 0 Å². The molecule has 0 atom stereocenters. The Morgan fingerprint density at radius 2 is 1.89 bits per heavy atom. The van der Waals surface area contributed by atoms with Gasteiger partial charge in [0.15, 0.2) is 11.5 Å². The van der Waals surface area contributed by atoms with E-state index in [1.165, 1.54) is 22.5 Å². The van der Waals surface area contributed by atoms with Gasteiger partial charge in [-0.25, -0.2) is 8.42 Å². The number of amides is 1. The molecule has 0 aliphatic carbocycles. The summed E-state index contributed by atoms with van der Waals surface area (Å²) in [5, 5.41) is 3.13. The topological polar surface area (TPSA) is 94.2 Å². The Morgan fingerprint density at radius 3 is 2.57 bits per heavy atom.